The average molecular weight is 367 g/mol. The molecule has 2 aromatic heterocycles. The normalized spacial score (nSPS) is 19.4. The monoisotopic (exact) mass is 367 g/mol. The molecule has 3 heterocycles. The highest BCUT2D eigenvalue weighted by Gasteiger charge is 2.26. The molecule has 0 spiro atoms. The Kier molecular flexibility index (Phi) is 3.86. The Morgan fingerprint density at radius 2 is 2.12 bits per heavy atom. The second-order valence-corrected chi connectivity index (χ2v) is 8.32. The smallest absolute Gasteiger partial charge is 0.215 e. The van der Waals surface area contributed by atoms with E-state index in [2.05, 4.69) is 4.98 Å². The van der Waals surface area contributed by atoms with E-state index in [9.17, 15) is 13.2 Å². The molecular weight excluding hydrogens is 340 g/mol. The number of rotatable bonds is 5. The highest BCUT2D eigenvalue weighted by molar-refractivity contribution is 7.88. The molecule has 0 aliphatic carbocycles. The molecule has 7 nitrogen and oxygen atoms in total. The molecular formula is C17H24N4O3S. The number of hydrogen-bond acceptors (Lipinski definition) is 4. The van der Waals surface area contributed by atoms with Gasteiger partial charge in [0, 0.05) is 30.4 Å². The second kappa shape index (κ2) is 6.76. The molecule has 0 aromatic carbocycles. The van der Waals surface area contributed by atoms with Gasteiger partial charge < -0.3 is 4.90 Å². The van der Waals surface area contributed by atoms with Crippen molar-refractivity contribution in [3.8, 4) is 0 Å². The maximum atomic E-state index is 11.7. The minimum Gasteiger partial charge on any atom is -0.302 e. The standard InChI is InChI=1S/C17H24N4O3S/c1-4-15-17(19(2)12-22)21-11-14(5-6-16(21)18-15)13-7-9-20(10-8-13)25(3,23)24/h5-6,11-13H,4,7-10H2,1-3H3/i2D3. The number of fused-ring (bicyclic) bond motifs is 1. The van der Waals surface area contributed by atoms with E-state index in [1.165, 1.54) is 10.6 Å². The summed E-state index contributed by atoms with van der Waals surface area (Å²) in [5, 5.41) is 0. The van der Waals surface area contributed by atoms with Crippen molar-refractivity contribution in [2.75, 3.05) is 31.2 Å². The Labute approximate surface area is 152 Å². The van der Waals surface area contributed by atoms with Crippen molar-refractivity contribution >= 4 is 27.9 Å². The molecule has 1 fully saturated rings. The van der Waals surface area contributed by atoms with Crippen LogP contribution in [0, 0.1) is 0 Å². The molecule has 1 aliphatic heterocycles. The molecule has 2 aromatic rings. The van der Waals surface area contributed by atoms with Crippen LogP contribution in [0.2, 0.25) is 0 Å². The first-order valence-electron chi connectivity index (χ1n) is 9.77. The summed E-state index contributed by atoms with van der Waals surface area (Å²) in [6, 6.07) is 3.75. The molecule has 0 saturated carbocycles. The SMILES string of the molecule is [2H]C([2H])([2H])N(C=O)c1c(CC)nc2ccc(C3CCN(S(C)(=O)=O)CC3)cn12. The summed E-state index contributed by atoms with van der Waals surface area (Å²) in [4.78, 5) is 16.7. The largest absolute Gasteiger partial charge is 0.302 e. The highest BCUT2D eigenvalue weighted by Crippen LogP contribution is 2.31. The zero-order valence-corrected chi connectivity index (χ0v) is 15.2. The van der Waals surface area contributed by atoms with Crippen LogP contribution in [-0.2, 0) is 21.2 Å². The molecule has 136 valence electrons. The summed E-state index contributed by atoms with van der Waals surface area (Å²) < 4.78 is 49.5. The van der Waals surface area contributed by atoms with E-state index >= 15 is 0 Å². The van der Waals surface area contributed by atoms with E-state index in [1.807, 2.05) is 25.3 Å². The van der Waals surface area contributed by atoms with Crippen molar-refractivity contribution in [2.45, 2.75) is 32.1 Å². The molecule has 1 aliphatic rings. The fourth-order valence-corrected chi connectivity index (χ4v) is 4.28. The zero-order chi connectivity index (χ0) is 20.7. The van der Waals surface area contributed by atoms with E-state index in [1.54, 1.807) is 4.40 Å². The van der Waals surface area contributed by atoms with Crippen LogP contribution in [-0.4, -0.2) is 54.8 Å². The number of carbonyl (C=O) groups excluding carboxylic acids is 1. The zero-order valence-electron chi connectivity index (χ0n) is 17.3. The minimum atomic E-state index is -3.19. The second-order valence-electron chi connectivity index (χ2n) is 6.34. The number of anilines is 1. The summed E-state index contributed by atoms with van der Waals surface area (Å²) >= 11 is 0. The van der Waals surface area contributed by atoms with Gasteiger partial charge in [0.25, 0.3) is 0 Å². The molecule has 8 heteroatoms. The molecule has 1 amide bonds. The van der Waals surface area contributed by atoms with Crippen LogP contribution in [0.15, 0.2) is 18.3 Å². The fourth-order valence-electron chi connectivity index (χ4n) is 3.40. The van der Waals surface area contributed by atoms with Crippen molar-refractivity contribution in [1.82, 2.24) is 13.7 Å². The number of carbonyl (C=O) groups is 1. The van der Waals surface area contributed by atoms with Gasteiger partial charge in [-0.3, -0.25) is 9.20 Å². The lowest BCUT2D eigenvalue weighted by molar-refractivity contribution is -0.107. The Morgan fingerprint density at radius 1 is 1.40 bits per heavy atom. The molecule has 0 unspecified atom stereocenters. The molecule has 3 rings (SSSR count). The van der Waals surface area contributed by atoms with Gasteiger partial charge in [-0.1, -0.05) is 13.0 Å². The Balaban J connectivity index is 1.99. The third kappa shape index (κ3) is 3.41. The predicted octanol–water partition coefficient (Wildman–Crippen LogP) is 1.63. The summed E-state index contributed by atoms with van der Waals surface area (Å²) in [6.45, 7) is 0.149. The lowest BCUT2D eigenvalue weighted by atomic mass is 9.91. The van der Waals surface area contributed by atoms with Crippen molar-refractivity contribution in [2.24, 2.45) is 0 Å². The summed E-state index contributed by atoms with van der Waals surface area (Å²) in [5.41, 5.74) is 2.07. The first kappa shape index (κ1) is 14.3. The maximum Gasteiger partial charge on any atom is 0.215 e. The highest BCUT2D eigenvalue weighted by atomic mass is 32.2. The van der Waals surface area contributed by atoms with Crippen molar-refractivity contribution in [3.63, 3.8) is 0 Å². The van der Waals surface area contributed by atoms with Crippen molar-refractivity contribution < 1.29 is 17.3 Å². The molecule has 25 heavy (non-hydrogen) atoms. The predicted molar refractivity (Wildman–Crippen MR) is 97.4 cm³/mol. The van der Waals surface area contributed by atoms with Crippen LogP contribution in [0.4, 0.5) is 5.82 Å². The number of sulfonamides is 1. The fraction of sp³-hybridized carbons (Fsp3) is 0.529. The number of pyridine rings is 1. The van der Waals surface area contributed by atoms with E-state index in [-0.39, 0.29) is 11.7 Å². The Bertz CT molecular complexity index is 979. The Hall–Kier alpha value is -1.93. The first-order chi connectivity index (χ1) is 13.1. The van der Waals surface area contributed by atoms with Gasteiger partial charge in [-0.2, -0.15) is 0 Å². The van der Waals surface area contributed by atoms with E-state index in [4.69, 9.17) is 4.11 Å². The van der Waals surface area contributed by atoms with E-state index in [0.717, 1.165) is 10.5 Å². The van der Waals surface area contributed by atoms with Crippen LogP contribution in [0.5, 0.6) is 0 Å². The van der Waals surface area contributed by atoms with Crippen molar-refractivity contribution in [3.05, 3.63) is 29.6 Å². The number of amides is 1. The lowest BCUT2D eigenvalue weighted by Crippen LogP contribution is -2.37. The van der Waals surface area contributed by atoms with E-state index in [0.29, 0.717) is 50.1 Å². The third-order valence-corrected chi connectivity index (χ3v) is 6.05. The van der Waals surface area contributed by atoms with Crippen LogP contribution in [0.3, 0.4) is 0 Å². The third-order valence-electron chi connectivity index (χ3n) is 4.75. The number of piperidine rings is 1. The lowest BCUT2D eigenvalue weighted by Gasteiger charge is -2.30. The first-order valence-corrected chi connectivity index (χ1v) is 10.1. The van der Waals surface area contributed by atoms with Crippen molar-refractivity contribution in [1.29, 1.82) is 0 Å². The van der Waals surface area contributed by atoms with Crippen LogP contribution < -0.4 is 4.90 Å². The maximum absolute atomic E-state index is 11.7. The average Bonchev–Trinajstić information content (AvgIpc) is 2.98. The van der Waals surface area contributed by atoms with Gasteiger partial charge in [0.05, 0.1) is 11.9 Å². The topological polar surface area (TPSA) is 75.0 Å². The minimum absolute atomic E-state index is 0.153. The van der Waals surface area contributed by atoms with Gasteiger partial charge in [0.15, 0.2) is 0 Å². The number of hydrogen-bond donors (Lipinski definition) is 0. The van der Waals surface area contributed by atoms with Crippen LogP contribution >= 0.6 is 0 Å². The summed E-state index contributed by atoms with van der Waals surface area (Å²) in [7, 11) is -3.19. The Morgan fingerprint density at radius 3 is 2.68 bits per heavy atom. The number of aromatic nitrogens is 2. The number of imidazole rings is 1. The summed E-state index contributed by atoms with van der Waals surface area (Å²) in [5.74, 6) is 0.406. The van der Waals surface area contributed by atoms with Gasteiger partial charge in [-0.05, 0) is 36.8 Å². The van der Waals surface area contributed by atoms with Crippen LogP contribution in [0.25, 0.3) is 5.65 Å². The van der Waals surface area contributed by atoms with E-state index < -0.39 is 17.0 Å². The number of aryl methyl sites for hydroxylation is 1. The summed E-state index contributed by atoms with van der Waals surface area (Å²) in [6.07, 6.45) is 5.19. The molecule has 0 atom stereocenters. The molecule has 0 bridgehead atoms. The van der Waals surface area contributed by atoms with Gasteiger partial charge in [0.1, 0.15) is 11.5 Å². The molecule has 0 N–H and O–H groups in total. The molecule has 0 radical (unpaired) electrons. The number of nitrogens with zero attached hydrogens (tertiary/aromatic N) is 4. The van der Waals surface area contributed by atoms with Gasteiger partial charge in [-0.25, -0.2) is 17.7 Å². The quantitative estimate of drug-likeness (QED) is 0.753. The van der Waals surface area contributed by atoms with Crippen LogP contribution in [0.1, 0.15) is 41.1 Å². The van der Waals surface area contributed by atoms with Gasteiger partial charge in [-0.15, -0.1) is 0 Å². The molecule has 1 saturated heterocycles. The van der Waals surface area contributed by atoms with Gasteiger partial charge in [0.2, 0.25) is 16.4 Å². The van der Waals surface area contributed by atoms with Gasteiger partial charge >= 0.3 is 0 Å².